The Morgan fingerprint density at radius 3 is 2.12 bits per heavy atom. The van der Waals surface area contributed by atoms with Crippen LogP contribution in [-0.4, -0.2) is 6.04 Å². The Morgan fingerprint density at radius 2 is 1.48 bits per heavy atom. The molecule has 2 aromatic carbocycles. The normalized spacial score (nSPS) is 16.8. The fourth-order valence-electron chi connectivity index (χ4n) is 7.31. The molecule has 52 heavy (non-hydrogen) atoms. The van der Waals surface area contributed by atoms with Crippen molar-refractivity contribution in [3.63, 3.8) is 0 Å². The molecule has 3 N–H and O–H groups in total. The van der Waals surface area contributed by atoms with E-state index < -0.39 is 0 Å². The molecule has 0 saturated heterocycles. The molecular formula is C50H68N2. The summed E-state index contributed by atoms with van der Waals surface area (Å²) in [5, 5.41) is 3.65. The average molecular weight is 697 g/mol. The van der Waals surface area contributed by atoms with Gasteiger partial charge >= 0.3 is 0 Å². The quantitative estimate of drug-likeness (QED) is 0.135. The van der Waals surface area contributed by atoms with Gasteiger partial charge in [-0.3, -0.25) is 0 Å². The SMILES string of the molecule is C=C/C(CC)=C(\C=C/c1ccc(/C=C/NC2C=C(CC)C(CC)=CC2)c(/C=C\C2=CC(CC)=C(CC)CC2)c1)CC.CCc1ccc(N)cc1CC. The second-order valence-corrected chi connectivity index (χ2v) is 13.8. The summed E-state index contributed by atoms with van der Waals surface area (Å²) >= 11 is 0. The largest absolute Gasteiger partial charge is 0.399 e. The summed E-state index contributed by atoms with van der Waals surface area (Å²) in [5.74, 6) is 0. The van der Waals surface area contributed by atoms with Crippen molar-refractivity contribution in [3.05, 3.63) is 152 Å². The standard InChI is InChI=1S/C40H53N.C10H15N/c1-8-32(9-2)33(10-3)19-15-31-17-21-38(25-26-41-40-24-23-35(12-5)37(14-7)29-40)39(28-31)22-18-30-16-20-34(11-4)36(13-6)27-30;1-3-8-5-6-10(11)7-9(8)4-2/h8,15,17-19,21-23,25-29,40-41H,1,9-14,16,20,24H2,2-7H3;5-7H,3-4,11H2,1-2H3/b19-15-,22-18-,26-25+,33-32+;. The van der Waals surface area contributed by atoms with Crippen LogP contribution in [-0.2, 0) is 12.8 Å². The predicted octanol–water partition coefficient (Wildman–Crippen LogP) is 14.3. The Bertz CT molecular complexity index is 1730. The Morgan fingerprint density at radius 1 is 0.731 bits per heavy atom. The first-order valence-corrected chi connectivity index (χ1v) is 20.2. The van der Waals surface area contributed by atoms with Gasteiger partial charge < -0.3 is 11.1 Å². The summed E-state index contributed by atoms with van der Waals surface area (Å²) in [5.41, 5.74) is 23.3. The fourth-order valence-corrected chi connectivity index (χ4v) is 7.31. The lowest BCUT2D eigenvalue weighted by Gasteiger charge is -2.21. The lowest BCUT2D eigenvalue weighted by atomic mass is 9.89. The molecule has 0 heterocycles. The molecule has 1 atom stereocenters. The second-order valence-electron chi connectivity index (χ2n) is 13.8. The summed E-state index contributed by atoms with van der Waals surface area (Å²) in [6.07, 6.45) is 34.9. The van der Waals surface area contributed by atoms with Crippen LogP contribution in [0.4, 0.5) is 5.69 Å². The Labute approximate surface area is 318 Å². The first-order chi connectivity index (χ1) is 25.3. The predicted molar refractivity (Wildman–Crippen MR) is 234 cm³/mol. The van der Waals surface area contributed by atoms with E-state index in [1.807, 2.05) is 12.1 Å². The lowest BCUT2D eigenvalue weighted by molar-refractivity contribution is 0.688. The number of nitrogen functional groups attached to an aromatic ring is 1. The number of hydrogen-bond acceptors (Lipinski definition) is 2. The summed E-state index contributed by atoms with van der Waals surface area (Å²) in [7, 11) is 0. The minimum Gasteiger partial charge on any atom is -0.399 e. The van der Waals surface area contributed by atoms with Gasteiger partial charge in [0.2, 0.25) is 0 Å². The van der Waals surface area contributed by atoms with Crippen LogP contribution in [0, 0.1) is 0 Å². The Balaban J connectivity index is 0.000000564. The molecule has 0 amide bonds. The molecule has 2 nitrogen and oxygen atoms in total. The summed E-state index contributed by atoms with van der Waals surface area (Å²) in [6, 6.07) is 13.3. The van der Waals surface area contributed by atoms with E-state index in [1.54, 1.807) is 5.57 Å². The van der Waals surface area contributed by atoms with Gasteiger partial charge in [0, 0.05) is 11.7 Å². The molecule has 2 aromatic rings. The van der Waals surface area contributed by atoms with Gasteiger partial charge in [-0.1, -0.05) is 134 Å². The summed E-state index contributed by atoms with van der Waals surface area (Å²) < 4.78 is 0. The number of rotatable bonds is 16. The monoisotopic (exact) mass is 697 g/mol. The first kappa shape index (κ1) is 42.1. The molecule has 0 fully saturated rings. The number of anilines is 1. The van der Waals surface area contributed by atoms with E-state index in [0.717, 1.165) is 69.9 Å². The highest BCUT2D eigenvalue weighted by Crippen LogP contribution is 2.30. The molecule has 2 aliphatic carbocycles. The topological polar surface area (TPSA) is 38.0 Å². The van der Waals surface area contributed by atoms with E-state index in [2.05, 4.69) is 152 Å². The van der Waals surface area contributed by atoms with Crippen LogP contribution in [0.5, 0.6) is 0 Å². The zero-order valence-corrected chi connectivity index (χ0v) is 33.9. The molecule has 0 radical (unpaired) electrons. The van der Waals surface area contributed by atoms with Crippen molar-refractivity contribution < 1.29 is 0 Å². The molecule has 2 aliphatic rings. The number of benzene rings is 2. The number of aryl methyl sites for hydroxylation is 2. The van der Waals surface area contributed by atoms with Gasteiger partial charge in [-0.25, -0.2) is 0 Å². The van der Waals surface area contributed by atoms with Crippen LogP contribution in [0.25, 0.3) is 18.2 Å². The number of nitrogens with two attached hydrogens (primary N) is 1. The highest BCUT2D eigenvalue weighted by molar-refractivity contribution is 5.70. The molecule has 278 valence electrons. The molecule has 0 saturated carbocycles. The third-order valence-corrected chi connectivity index (χ3v) is 10.6. The van der Waals surface area contributed by atoms with E-state index in [-0.39, 0.29) is 0 Å². The van der Waals surface area contributed by atoms with E-state index in [1.165, 1.54) is 67.7 Å². The van der Waals surface area contributed by atoms with Crippen molar-refractivity contribution in [1.82, 2.24) is 5.32 Å². The molecule has 4 rings (SSSR count). The van der Waals surface area contributed by atoms with Crippen molar-refractivity contribution in [2.45, 2.75) is 132 Å². The van der Waals surface area contributed by atoms with Crippen LogP contribution < -0.4 is 11.1 Å². The third-order valence-electron chi connectivity index (χ3n) is 10.6. The van der Waals surface area contributed by atoms with Gasteiger partial charge in [0.1, 0.15) is 0 Å². The van der Waals surface area contributed by atoms with Gasteiger partial charge in [0.25, 0.3) is 0 Å². The highest BCUT2D eigenvalue weighted by atomic mass is 14.9. The van der Waals surface area contributed by atoms with Gasteiger partial charge in [0.15, 0.2) is 0 Å². The maximum Gasteiger partial charge on any atom is 0.0479 e. The van der Waals surface area contributed by atoms with Crippen LogP contribution in [0.1, 0.15) is 141 Å². The zero-order valence-electron chi connectivity index (χ0n) is 33.9. The molecule has 0 bridgehead atoms. The minimum absolute atomic E-state index is 0.356. The first-order valence-electron chi connectivity index (χ1n) is 20.2. The van der Waals surface area contributed by atoms with E-state index in [9.17, 15) is 0 Å². The number of allylic oxidation sites excluding steroid dienone is 11. The number of hydrogen-bond donors (Lipinski definition) is 2. The van der Waals surface area contributed by atoms with Crippen LogP contribution in [0.15, 0.2) is 125 Å². The molecule has 0 aliphatic heterocycles. The minimum atomic E-state index is 0.356. The average Bonchev–Trinajstić information content (AvgIpc) is 3.19. The fraction of sp³-hybridized carbons (Fsp3) is 0.400. The van der Waals surface area contributed by atoms with Crippen LogP contribution in [0.3, 0.4) is 0 Å². The highest BCUT2D eigenvalue weighted by Gasteiger charge is 2.13. The van der Waals surface area contributed by atoms with E-state index in [0.29, 0.717) is 6.04 Å². The van der Waals surface area contributed by atoms with Gasteiger partial charge in [-0.15, -0.1) is 0 Å². The van der Waals surface area contributed by atoms with Crippen LogP contribution >= 0.6 is 0 Å². The van der Waals surface area contributed by atoms with Gasteiger partial charge in [-0.05, 0) is 162 Å². The van der Waals surface area contributed by atoms with E-state index >= 15 is 0 Å². The molecular weight excluding hydrogens is 629 g/mol. The number of nitrogens with one attached hydrogen (secondary N) is 1. The van der Waals surface area contributed by atoms with Gasteiger partial charge in [0.05, 0.1) is 0 Å². The van der Waals surface area contributed by atoms with Gasteiger partial charge in [-0.2, -0.15) is 0 Å². The summed E-state index contributed by atoms with van der Waals surface area (Å²) in [4.78, 5) is 0. The maximum absolute atomic E-state index is 5.66. The molecule has 2 heteroatoms. The molecule has 0 spiro atoms. The molecule has 1 unspecified atom stereocenters. The second kappa shape index (κ2) is 22.6. The summed E-state index contributed by atoms with van der Waals surface area (Å²) in [6.45, 7) is 21.8. The maximum atomic E-state index is 5.66. The van der Waals surface area contributed by atoms with Crippen molar-refractivity contribution in [2.75, 3.05) is 5.73 Å². The Kier molecular flexibility index (Phi) is 18.3. The van der Waals surface area contributed by atoms with Crippen molar-refractivity contribution in [3.8, 4) is 0 Å². The molecule has 0 aromatic heterocycles. The third kappa shape index (κ3) is 12.4. The van der Waals surface area contributed by atoms with E-state index in [4.69, 9.17) is 5.73 Å². The zero-order chi connectivity index (χ0) is 37.9. The van der Waals surface area contributed by atoms with Crippen molar-refractivity contribution >= 4 is 23.9 Å². The van der Waals surface area contributed by atoms with Crippen LogP contribution in [0.2, 0.25) is 0 Å². The van der Waals surface area contributed by atoms with Crippen molar-refractivity contribution in [1.29, 1.82) is 0 Å². The smallest absolute Gasteiger partial charge is 0.0479 e. The lowest BCUT2D eigenvalue weighted by Crippen LogP contribution is -2.24. The van der Waals surface area contributed by atoms with Crippen molar-refractivity contribution in [2.24, 2.45) is 0 Å². The Hall–Kier alpha value is -4.30.